The lowest BCUT2D eigenvalue weighted by Gasteiger charge is -2.63. The molecule has 2 N–H and O–H groups in total. The van der Waals surface area contributed by atoms with Crippen LogP contribution >= 0.6 is 0 Å². The maximum absolute atomic E-state index is 17.3. The third kappa shape index (κ3) is 2.75. The minimum absolute atomic E-state index is 0.0679. The molecule has 9 heteroatoms. The first-order valence-electron chi connectivity index (χ1n) is 12.6. The van der Waals surface area contributed by atoms with E-state index < -0.39 is 64.4 Å². The number of fused-ring (bicyclic) bond motifs is 7. The number of allylic oxidation sites excluding steroid dienone is 4. The van der Waals surface area contributed by atoms with E-state index in [4.69, 9.17) is 9.25 Å². The molecule has 0 radical (unpaired) electrons. The summed E-state index contributed by atoms with van der Waals surface area (Å²) in [6, 6.07) is 1.79. The molecule has 1 aromatic heterocycles. The van der Waals surface area contributed by atoms with E-state index in [1.54, 1.807) is 30.6 Å². The van der Waals surface area contributed by atoms with Crippen LogP contribution in [0.5, 0.6) is 0 Å². The Morgan fingerprint density at radius 1 is 1.28 bits per heavy atom. The first-order chi connectivity index (χ1) is 17.0. The van der Waals surface area contributed by atoms with Gasteiger partial charge in [0.1, 0.15) is 12.8 Å². The van der Waals surface area contributed by atoms with Crippen molar-refractivity contribution in [2.45, 2.75) is 63.2 Å². The van der Waals surface area contributed by atoms with Crippen molar-refractivity contribution in [3.8, 4) is 0 Å². The smallest absolute Gasteiger partial charge is 0.192 e. The number of nitrogens with zero attached hydrogens (tertiary/aromatic N) is 1. The molecule has 1 unspecified atom stereocenters. The molecule has 5 aliphatic rings. The molecule has 7 nitrogen and oxygen atoms in total. The molecule has 3 saturated carbocycles. The molecule has 194 valence electrons. The zero-order valence-corrected chi connectivity index (χ0v) is 20.3. The molecule has 0 bridgehead atoms. The Labute approximate surface area is 207 Å². The van der Waals surface area contributed by atoms with Crippen LogP contribution in [0.1, 0.15) is 38.7 Å². The number of alkyl halides is 2. The van der Waals surface area contributed by atoms with Gasteiger partial charge in [0.2, 0.25) is 0 Å². The summed E-state index contributed by atoms with van der Waals surface area (Å²) in [7, 11) is 0. The van der Waals surface area contributed by atoms with E-state index in [-0.39, 0.29) is 24.3 Å². The van der Waals surface area contributed by atoms with E-state index in [2.05, 4.69) is 0 Å². The highest BCUT2D eigenvalue weighted by atomic mass is 19.1. The second kappa shape index (κ2) is 7.66. The summed E-state index contributed by atoms with van der Waals surface area (Å²) in [6.45, 7) is 3.36. The number of furan rings is 1. The molecule has 9 atom stereocenters. The van der Waals surface area contributed by atoms with Crippen molar-refractivity contribution in [1.29, 1.82) is 0 Å². The number of hydrogen-bond donors (Lipinski definition) is 2. The number of aliphatic hydroxyl groups excluding tert-OH is 2. The van der Waals surface area contributed by atoms with Gasteiger partial charge in [0.25, 0.3) is 0 Å². The average molecular weight is 504 g/mol. The molecule has 1 aromatic rings. The van der Waals surface area contributed by atoms with E-state index in [0.717, 1.165) is 5.56 Å². The van der Waals surface area contributed by atoms with Crippen LogP contribution in [0, 0.1) is 28.6 Å². The van der Waals surface area contributed by atoms with Crippen LogP contribution in [0.3, 0.4) is 0 Å². The summed E-state index contributed by atoms with van der Waals surface area (Å²) in [5, 5.41) is 23.2. The molecule has 36 heavy (non-hydrogen) atoms. The molecular weight excluding hydrogens is 472 g/mol. The summed E-state index contributed by atoms with van der Waals surface area (Å²) in [6.07, 6.45) is 4.00. The number of hydrogen-bond acceptors (Lipinski definition) is 7. The minimum atomic E-state index is -2.22. The van der Waals surface area contributed by atoms with Crippen molar-refractivity contribution in [3.63, 3.8) is 0 Å². The molecule has 4 fully saturated rings. The molecule has 4 aliphatic carbocycles. The van der Waals surface area contributed by atoms with Crippen molar-refractivity contribution in [3.05, 3.63) is 48.0 Å². The van der Waals surface area contributed by atoms with Gasteiger partial charge in [-0.05, 0) is 55.9 Å². The zero-order valence-electron chi connectivity index (χ0n) is 20.3. The topological polar surface area (TPSA) is 100 Å². The van der Waals surface area contributed by atoms with Gasteiger partial charge in [-0.15, -0.1) is 0 Å². The number of Topliss-reactive ketones (excluding diaryl/α,β-unsaturated/α-hetero) is 1. The first-order valence-corrected chi connectivity index (χ1v) is 12.6. The molecule has 0 spiro atoms. The Hall–Kier alpha value is -2.20. The first kappa shape index (κ1) is 24.2. The van der Waals surface area contributed by atoms with Crippen LogP contribution in [0.2, 0.25) is 0 Å². The summed E-state index contributed by atoms with van der Waals surface area (Å²) < 4.78 is 38.1. The van der Waals surface area contributed by atoms with E-state index >= 15 is 8.78 Å². The number of ketones is 2. The number of halogens is 2. The van der Waals surface area contributed by atoms with Gasteiger partial charge in [0.15, 0.2) is 22.8 Å². The van der Waals surface area contributed by atoms with Gasteiger partial charge in [-0.2, -0.15) is 5.06 Å². The summed E-state index contributed by atoms with van der Waals surface area (Å²) in [5.41, 5.74) is -5.27. The number of aliphatic hydroxyl groups is 2. The fraction of sp³-hybridized carbons (Fsp3) is 0.630. The lowest BCUT2D eigenvalue weighted by Crippen LogP contribution is -2.70. The van der Waals surface area contributed by atoms with Gasteiger partial charge >= 0.3 is 0 Å². The molecule has 1 aliphatic heterocycles. The fourth-order valence-corrected chi connectivity index (χ4v) is 8.62. The van der Waals surface area contributed by atoms with Crippen LogP contribution in [0.25, 0.3) is 0 Å². The van der Waals surface area contributed by atoms with E-state index in [0.29, 0.717) is 19.5 Å². The van der Waals surface area contributed by atoms with E-state index in [1.165, 1.54) is 18.2 Å². The molecule has 6 rings (SSSR count). The van der Waals surface area contributed by atoms with Gasteiger partial charge in [-0.3, -0.25) is 14.4 Å². The lowest BCUT2D eigenvalue weighted by atomic mass is 9.44. The second-order valence-electron chi connectivity index (χ2n) is 11.7. The summed E-state index contributed by atoms with van der Waals surface area (Å²) in [5.74, 6) is -2.63. The normalized spacial score (nSPS) is 47.7. The van der Waals surface area contributed by atoms with E-state index in [9.17, 15) is 19.8 Å². The molecule has 2 heterocycles. The molecular formula is C27H31F2NO6. The van der Waals surface area contributed by atoms with Gasteiger partial charge in [0.05, 0.1) is 25.2 Å². The van der Waals surface area contributed by atoms with Gasteiger partial charge in [-0.1, -0.05) is 13.0 Å². The van der Waals surface area contributed by atoms with Crippen molar-refractivity contribution >= 4 is 11.6 Å². The standard InChI is InChI=1S/C27H31F2NO6/c1-24-5-3-17(32)8-20(24)21(28)9-19-18-7-16-12-30(11-15-4-6-35-14-15)36-27(16,23(34)13-31)25(18,2)10-22(33)26(19,24)29/h3-6,8,14,16,18-19,21-22,31,33H,7,9-13H2,1-2H3/t16-,18?,19-,21-,22-,24-,25-,26-,27-/m0/s1. The monoisotopic (exact) mass is 503 g/mol. The third-order valence-electron chi connectivity index (χ3n) is 10.2. The molecule has 1 saturated heterocycles. The van der Waals surface area contributed by atoms with Crippen molar-refractivity contribution < 1.29 is 37.8 Å². The predicted molar refractivity (Wildman–Crippen MR) is 123 cm³/mol. The van der Waals surface area contributed by atoms with Crippen molar-refractivity contribution in [2.24, 2.45) is 28.6 Å². The largest absolute Gasteiger partial charge is 0.472 e. The average Bonchev–Trinajstić information content (AvgIpc) is 3.53. The Morgan fingerprint density at radius 3 is 2.75 bits per heavy atom. The Bertz CT molecular complexity index is 1170. The Kier molecular flexibility index (Phi) is 5.14. The van der Waals surface area contributed by atoms with Gasteiger partial charge in [0, 0.05) is 34.8 Å². The van der Waals surface area contributed by atoms with Crippen LogP contribution in [-0.2, 0) is 21.0 Å². The highest BCUT2D eigenvalue weighted by Gasteiger charge is 2.79. The van der Waals surface area contributed by atoms with Gasteiger partial charge in [-0.25, -0.2) is 8.78 Å². The van der Waals surface area contributed by atoms with Crippen molar-refractivity contribution in [1.82, 2.24) is 5.06 Å². The molecule has 0 aromatic carbocycles. The predicted octanol–water partition coefficient (Wildman–Crippen LogP) is 2.87. The van der Waals surface area contributed by atoms with Crippen LogP contribution in [-0.4, -0.2) is 63.5 Å². The molecule has 0 amide bonds. The number of carbonyl (C=O) groups is 2. The van der Waals surface area contributed by atoms with Crippen LogP contribution < -0.4 is 0 Å². The fourth-order valence-electron chi connectivity index (χ4n) is 8.62. The SMILES string of the molecule is C[C@]12C=CC(=O)C=C1[C@@H](F)C[C@H]1C3C[C@H]4CN(Cc5ccoc5)O[C@@]4(C(=O)CO)[C@@]3(C)C[C@H](O)[C@@]12F. The van der Waals surface area contributed by atoms with Crippen molar-refractivity contribution in [2.75, 3.05) is 13.2 Å². The van der Waals surface area contributed by atoms with Crippen LogP contribution in [0.4, 0.5) is 8.78 Å². The van der Waals surface area contributed by atoms with E-state index in [1.807, 2.05) is 6.92 Å². The maximum atomic E-state index is 17.3. The van der Waals surface area contributed by atoms with Crippen LogP contribution in [0.15, 0.2) is 46.8 Å². The summed E-state index contributed by atoms with van der Waals surface area (Å²) >= 11 is 0. The number of hydroxylamine groups is 2. The minimum Gasteiger partial charge on any atom is -0.472 e. The zero-order chi connectivity index (χ0) is 25.7. The highest BCUT2D eigenvalue weighted by molar-refractivity contribution is 6.01. The second-order valence-corrected chi connectivity index (χ2v) is 11.7. The summed E-state index contributed by atoms with van der Waals surface area (Å²) in [4.78, 5) is 31.8. The Morgan fingerprint density at radius 2 is 2.06 bits per heavy atom. The number of rotatable bonds is 4. The maximum Gasteiger partial charge on any atom is 0.192 e. The van der Waals surface area contributed by atoms with Gasteiger partial charge < -0.3 is 14.6 Å². The highest BCUT2D eigenvalue weighted by Crippen LogP contribution is 2.72. The quantitative estimate of drug-likeness (QED) is 0.652. The third-order valence-corrected chi connectivity index (χ3v) is 10.2. The lowest BCUT2D eigenvalue weighted by molar-refractivity contribution is -0.269. The number of carbonyl (C=O) groups excluding carboxylic acids is 2. The Balaban J connectivity index is 1.42.